The molecule has 0 aromatic heterocycles. The largest absolute Gasteiger partial charge is 0.493 e. The Kier molecular flexibility index (Phi) is 4.68. The first-order valence-electron chi connectivity index (χ1n) is 6.86. The Morgan fingerprint density at radius 1 is 1.40 bits per heavy atom. The first-order valence-corrected chi connectivity index (χ1v) is 6.86. The van der Waals surface area contributed by atoms with Crippen molar-refractivity contribution in [2.45, 2.75) is 25.0 Å². The van der Waals surface area contributed by atoms with Gasteiger partial charge in [0.05, 0.1) is 20.3 Å². The Bertz CT molecular complexity index is 487. The van der Waals surface area contributed by atoms with Crippen LogP contribution in [0.3, 0.4) is 0 Å². The summed E-state index contributed by atoms with van der Waals surface area (Å²) in [6.45, 7) is 4.62. The molecule has 110 valence electrons. The molecule has 0 fully saturated rings. The monoisotopic (exact) mass is 277 g/mol. The second-order valence-corrected chi connectivity index (χ2v) is 5.19. The van der Waals surface area contributed by atoms with E-state index in [-0.39, 0.29) is 6.04 Å². The second kappa shape index (κ2) is 6.29. The Morgan fingerprint density at radius 2 is 2.05 bits per heavy atom. The molecule has 0 saturated heterocycles. The van der Waals surface area contributed by atoms with Crippen molar-refractivity contribution >= 4 is 0 Å². The topological polar surface area (TPSA) is 41.9 Å². The summed E-state index contributed by atoms with van der Waals surface area (Å²) in [7, 11) is 5.38. The summed E-state index contributed by atoms with van der Waals surface area (Å²) >= 11 is 0. The number of benzene rings is 1. The van der Waals surface area contributed by atoms with Crippen LogP contribution in [0.15, 0.2) is 24.8 Å². The molecule has 0 aliphatic carbocycles. The van der Waals surface area contributed by atoms with Gasteiger partial charge in [0.15, 0.2) is 11.5 Å². The molecule has 20 heavy (non-hydrogen) atoms. The quantitative estimate of drug-likeness (QED) is 0.838. The van der Waals surface area contributed by atoms with Gasteiger partial charge in [-0.1, -0.05) is 6.08 Å². The van der Waals surface area contributed by atoms with Crippen LogP contribution >= 0.6 is 0 Å². The number of methoxy groups -OCH3 is 2. The summed E-state index contributed by atoms with van der Waals surface area (Å²) in [6.07, 6.45) is 2.71. The number of aliphatic hydroxyl groups excluding tert-OH is 1. The van der Waals surface area contributed by atoms with Crippen LogP contribution in [0.25, 0.3) is 0 Å². The van der Waals surface area contributed by atoms with Crippen LogP contribution in [-0.4, -0.2) is 43.9 Å². The van der Waals surface area contributed by atoms with Gasteiger partial charge >= 0.3 is 0 Å². The van der Waals surface area contributed by atoms with Crippen LogP contribution in [0.2, 0.25) is 0 Å². The van der Waals surface area contributed by atoms with Gasteiger partial charge in [-0.05, 0) is 43.1 Å². The van der Waals surface area contributed by atoms with Crippen molar-refractivity contribution in [2.24, 2.45) is 0 Å². The van der Waals surface area contributed by atoms with Crippen molar-refractivity contribution in [1.82, 2.24) is 4.90 Å². The molecule has 1 aliphatic rings. The maximum atomic E-state index is 9.88. The Hall–Kier alpha value is -1.52. The summed E-state index contributed by atoms with van der Waals surface area (Å²) in [5.74, 6) is 1.50. The Morgan fingerprint density at radius 3 is 2.65 bits per heavy atom. The molecular formula is C16H23NO3. The minimum absolute atomic E-state index is 0.173. The number of hydrogen-bond donors (Lipinski definition) is 1. The maximum absolute atomic E-state index is 9.88. The number of ether oxygens (including phenoxy) is 2. The highest BCUT2D eigenvalue weighted by atomic mass is 16.5. The molecule has 1 aliphatic heterocycles. The number of rotatable bonds is 5. The van der Waals surface area contributed by atoms with Crippen LogP contribution < -0.4 is 9.47 Å². The highest BCUT2D eigenvalue weighted by molar-refractivity contribution is 5.49. The van der Waals surface area contributed by atoms with Crippen LogP contribution in [0.4, 0.5) is 0 Å². The zero-order chi connectivity index (χ0) is 14.7. The third-order valence-electron chi connectivity index (χ3n) is 4.01. The molecule has 1 aromatic rings. The molecule has 2 rings (SSSR count). The molecule has 1 unspecified atom stereocenters. The van der Waals surface area contributed by atoms with Gasteiger partial charge in [-0.15, -0.1) is 6.58 Å². The van der Waals surface area contributed by atoms with Crippen molar-refractivity contribution in [2.75, 3.05) is 27.8 Å². The molecule has 0 bridgehead atoms. The summed E-state index contributed by atoms with van der Waals surface area (Å²) in [6, 6.07) is 4.25. The van der Waals surface area contributed by atoms with E-state index in [1.165, 1.54) is 11.1 Å². The van der Waals surface area contributed by atoms with Gasteiger partial charge in [0.25, 0.3) is 0 Å². The van der Waals surface area contributed by atoms with E-state index in [4.69, 9.17) is 9.47 Å². The summed E-state index contributed by atoms with van der Waals surface area (Å²) in [5, 5.41) is 9.88. The van der Waals surface area contributed by atoms with E-state index in [1.807, 2.05) is 6.07 Å². The number of likely N-dealkylation sites (N-methyl/N-ethyl adjacent to an activating group) is 1. The molecule has 1 N–H and O–H groups in total. The Labute approximate surface area is 120 Å². The van der Waals surface area contributed by atoms with Crippen LogP contribution in [-0.2, 0) is 6.42 Å². The van der Waals surface area contributed by atoms with E-state index in [9.17, 15) is 5.11 Å². The second-order valence-electron chi connectivity index (χ2n) is 5.19. The lowest BCUT2D eigenvalue weighted by Gasteiger charge is -2.36. The van der Waals surface area contributed by atoms with Gasteiger partial charge in [-0.3, -0.25) is 4.90 Å². The van der Waals surface area contributed by atoms with E-state index in [1.54, 1.807) is 20.3 Å². The fourth-order valence-corrected chi connectivity index (χ4v) is 2.79. The normalized spacial score (nSPS) is 20.1. The molecule has 0 amide bonds. The van der Waals surface area contributed by atoms with E-state index in [2.05, 4.69) is 24.6 Å². The third kappa shape index (κ3) is 2.81. The van der Waals surface area contributed by atoms with Crippen molar-refractivity contribution in [3.05, 3.63) is 35.9 Å². The summed E-state index contributed by atoms with van der Waals surface area (Å²) < 4.78 is 10.8. The number of aliphatic hydroxyl groups is 1. The fraction of sp³-hybridized carbons (Fsp3) is 0.500. The van der Waals surface area contributed by atoms with Gasteiger partial charge in [0.1, 0.15) is 0 Å². The average Bonchev–Trinajstić information content (AvgIpc) is 2.48. The lowest BCUT2D eigenvalue weighted by atomic mass is 9.89. The van der Waals surface area contributed by atoms with Gasteiger partial charge in [-0.25, -0.2) is 0 Å². The summed E-state index contributed by atoms with van der Waals surface area (Å²) in [5.41, 5.74) is 2.47. The van der Waals surface area contributed by atoms with E-state index >= 15 is 0 Å². The van der Waals surface area contributed by atoms with E-state index in [0.717, 1.165) is 24.5 Å². The number of nitrogens with zero attached hydrogens (tertiary/aromatic N) is 1. The molecule has 0 radical (unpaired) electrons. The lowest BCUT2D eigenvalue weighted by molar-refractivity contribution is 0.139. The molecular weight excluding hydrogens is 254 g/mol. The molecule has 4 nitrogen and oxygen atoms in total. The van der Waals surface area contributed by atoms with Crippen LogP contribution in [0.5, 0.6) is 11.5 Å². The minimum atomic E-state index is -0.499. The molecule has 2 atom stereocenters. The van der Waals surface area contributed by atoms with Crippen molar-refractivity contribution in [3.8, 4) is 11.5 Å². The molecule has 1 heterocycles. The highest BCUT2D eigenvalue weighted by Crippen LogP contribution is 2.39. The molecule has 4 heteroatoms. The van der Waals surface area contributed by atoms with Crippen molar-refractivity contribution in [3.63, 3.8) is 0 Å². The summed E-state index contributed by atoms with van der Waals surface area (Å²) in [4.78, 5) is 2.26. The molecule has 0 saturated carbocycles. The SMILES string of the molecule is C=CC(O)C[C@H]1c2cc(OC)c(OC)cc2CCN1C. The van der Waals surface area contributed by atoms with Gasteiger partial charge < -0.3 is 14.6 Å². The minimum Gasteiger partial charge on any atom is -0.493 e. The zero-order valence-electron chi connectivity index (χ0n) is 12.4. The third-order valence-corrected chi connectivity index (χ3v) is 4.01. The van der Waals surface area contributed by atoms with Gasteiger partial charge in [0, 0.05) is 12.6 Å². The van der Waals surface area contributed by atoms with Crippen LogP contribution in [0, 0.1) is 0 Å². The van der Waals surface area contributed by atoms with Crippen molar-refractivity contribution in [1.29, 1.82) is 0 Å². The van der Waals surface area contributed by atoms with Gasteiger partial charge in [0.2, 0.25) is 0 Å². The average molecular weight is 277 g/mol. The standard InChI is InChI=1S/C16H23NO3/c1-5-12(18)9-14-13-10-16(20-4)15(19-3)8-11(13)6-7-17(14)2/h5,8,10,12,14,18H,1,6-7,9H2,2-4H3/t12?,14-/m0/s1. The highest BCUT2D eigenvalue weighted by Gasteiger charge is 2.27. The Balaban J connectivity index is 2.41. The predicted molar refractivity (Wildman–Crippen MR) is 79.4 cm³/mol. The first-order chi connectivity index (χ1) is 9.60. The predicted octanol–water partition coefficient (Wildman–Crippen LogP) is 2.17. The number of fused-ring (bicyclic) bond motifs is 1. The van der Waals surface area contributed by atoms with E-state index in [0.29, 0.717) is 6.42 Å². The van der Waals surface area contributed by atoms with Crippen molar-refractivity contribution < 1.29 is 14.6 Å². The van der Waals surface area contributed by atoms with Crippen LogP contribution in [0.1, 0.15) is 23.6 Å². The lowest BCUT2D eigenvalue weighted by Crippen LogP contribution is -2.34. The number of hydrogen-bond acceptors (Lipinski definition) is 4. The smallest absolute Gasteiger partial charge is 0.161 e. The fourth-order valence-electron chi connectivity index (χ4n) is 2.79. The van der Waals surface area contributed by atoms with E-state index < -0.39 is 6.10 Å². The maximum Gasteiger partial charge on any atom is 0.161 e. The zero-order valence-corrected chi connectivity index (χ0v) is 12.4. The molecule has 1 aromatic carbocycles. The molecule has 0 spiro atoms. The van der Waals surface area contributed by atoms with Gasteiger partial charge in [-0.2, -0.15) is 0 Å². The first kappa shape index (κ1) is 14.9.